The van der Waals surface area contributed by atoms with Crippen molar-refractivity contribution in [2.75, 3.05) is 0 Å². The van der Waals surface area contributed by atoms with E-state index in [1.165, 1.54) is 11.9 Å². The van der Waals surface area contributed by atoms with Crippen LogP contribution in [0.5, 0.6) is 0 Å². The van der Waals surface area contributed by atoms with Crippen molar-refractivity contribution in [3.63, 3.8) is 0 Å². The molecule has 16 heavy (non-hydrogen) atoms. The molecular weight excluding hydrogens is 266 g/mol. The molecule has 0 bridgehead atoms. The second kappa shape index (κ2) is 4.72. The Hall–Kier alpha value is -1.26. The normalized spacial score (nSPS) is 12.4. The molecule has 1 unspecified atom stereocenters. The van der Waals surface area contributed by atoms with Gasteiger partial charge in [-0.1, -0.05) is 28.1 Å². The van der Waals surface area contributed by atoms with Crippen LogP contribution in [0.3, 0.4) is 0 Å². The number of aromatic nitrogens is 2. The lowest BCUT2D eigenvalue weighted by atomic mass is 10.0. The summed E-state index contributed by atoms with van der Waals surface area (Å²) in [5.74, 6) is 0. The number of halogens is 1. The van der Waals surface area contributed by atoms with Crippen molar-refractivity contribution in [1.29, 1.82) is 0 Å². The zero-order valence-corrected chi connectivity index (χ0v) is 10.5. The third-order valence-electron chi connectivity index (χ3n) is 2.48. The highest BCUT2D eigenvalue weighted by atomic mass is 79.9. The van der Waals surface area contributed by atoms with Gasteiger partial charge in [0.15, 0.2) is 0 Å². The SMILES string of the molecule is Cc1cc(C(N)c2cncnc2)ccc1Br. The molecule has 1 aromatic carbocycles. The number of nitrogens with zero attached hydrogens (tertiary/aromatic N) is 2. The Morgan fingerprint density at radius 3 is 2.50 bits per heavy atom. The molecule has 2 N–H and O–H groups in total. The van der Waals surface area contributed by atoms with Crippen molar-refractivity contribution >= 4 is 15.9 Å². The van der Waals surface area contributed by atoms with Gasteiger partial charge in [-0.3, -0.25) is 0 Å². The Balaban J connectivity index is 2.34. The maximum Gasteiger partial charge on any atom is 0.115 e. The number of benzene rings is 1. The molecule has 2 aromatic rings. The van der Waals surface area contributed by atoms with Crippen LogP contribution in [0.25, 0.3) is 0 Å². The number of rotatable bonds is 2. The molecule has 0 aliphatic rings. The average molecular weight is 278 g/mol. The molecule has 1 aromatic heterocycles. The summed E-state index contributed by atoms with van der Waals surface area (Å²) >= 11 is 3.47. The molecule has 0 fully saturated rings. The second-order valence-electron chi connectivity index (χ2n) is 3.66. The number of hydrogen-bond acceptors (Lipinski definition) is 3. The molecule has 0 amide bonds. The quantitative estimate of drug-likeness (QED) is 0.918. The fraction of sp³-hybridized carbons (Fsp3) is 0.167. The van der Waals surface area contributed by atoms with E-state index in [2.05, 4.69) is 32.0 Å². The lowest BCUT2D eigenvalue weighted by Gasteiger charge is -2.12. The lowest BCUT2D eigenvalue weighted by Crippen LogP contribution is -2.12. The predicted molar refractivity (Wildman–Crippen MR) is 66.9 cm³/mol. The van der Waals surface area contributed by atoms with Gasteiger partial charge in [0.05, 0.1) is 6.04 Å². The first-order valence-electron chi connectivity index (χ1n) is 4.95. The van der Waals surface area contributed by atoms with Gasteiger partial charge in [0.2, 0.25) is 0 Å². The van der Waals surface area contributed by atoms with Crippen molar-refractivity contribution in [1.82, 2.24) is 9.97 Å². The summed E-state index contributed by atoms with van der Waals surface area (Å²) in [5.41, 5.74) is 9.30. The summed E-state index contributed by atoms with van der Waals surface area (Å²) in [5, 5.41) is 0. The van der Waals surface area contributed by atoms with Crippen molar-refractivity contribution < 1.29 is 0 Å². The molecule has 0 aliphatic carbocycles. The van der Waals surface area contributed by atoms with Crippen LogP contribution in [0.4, 0.5) is 0 Å². The molecule has 1 atom stereocenters. The van der Waals surface area contributed by atoms with Gasteiger partial charge in [-0.15, -0.1) is 0 Å². The van der Waals surface area contributed by atoms with Gasteiger partial charge in [0.25, 0.3) is 0 Å². The molecule has 1 heterocycles. The topological polar surface area (TPSA) is 51.8 Å². The maximum atomic E-state index is 6.14. The molecule has 2 rings (SSSR count). The van der Waals surface area contributed by atoms with E-state index in [9.17, 15) is 0 Å². The lowest BCUT2D eigenvalue weighted by molar-refractivity contribution is 0.849. The van der Waals surface area contributed by atoms with Crippen LogP contribution in [0.15, 0.2) is 41.4 Å². The molecule has 0 saturated heterocycles. The van der Waals surface area contributed by atoms with Crippen molar-refractivity contribution in [3.05, 3.63) is 58.1 Å². The van der Waals surface area contributed by atoms with Gasteiger partial charge in [-0.2, -0.15) is 0 Å². The van der Waals surface area contributed by atoms with E-state index in [1.54, 1.807) is 12.4 Å². The van der Waals surface area contributed by atoms with Gasteiger partial charge >= 0.3 is 0 Å². The van der Waals surface area contributed by atoms with Crippen LogP contribution in [0.2, 0.25) is 0 Å². The largest absolute Gasteiger partial charge is 0.320 e. The monoisotopic (exact) mass is 277 g/mol. The van der Waals surface area contributed by atoms with Crippen LogP contribution in [-0.4, -0.2) is 9.97 Å². The van der Waals surface area contributed by atoms with Gasteiger partial charge in [-0.25, -0.2) is 9.97 Å². The van der Waals surface area contributed by atoms with Crippen LogP contribution in [0, 0.1) is 6.92 Å². The van der Waals surface area contributed by atoms with E-state index in [4.69, 9.17) is 5.73 Å². The van der Waals surface area contributed by atoms with E-state index >= 15 is 0 Å². The molecule has 0 radical (unpaired) electrons. The van der Waals surface area contributed by atoms with E-state index < -0.39 is 0 Å². The van der Waals surface area contributed by atoms with Gasteiger partial charge in [-0.05, 0) is 24.1 Å². The molecule has 0 aliphatic heterocycles. The number of hydrogen-bond donors (Lipinski definition) is 1. The first kappa shape index (κ1) is 11.2. The number of aryl methyl sites for hydroxylation is 1. The highest BCUT2D eigenvalue weighted by Crippen LogP contribution is 2.23. The predicted octanol–water partition coefficient (Wildman–Crippen LogP) is 2.60. The Morgan fingerprint density at radius 2 is 1.88 bits per heavy atom. The third-order valence-corrected chi connectivity index (χ3v) is 3.37. The highest BCUT2D eigenvalue weighted by Gasteiger charge is 2.09. The summed E-state index contributed by atoms with van der Waals surface area (Å²) in [4.78, 5) is 7.94. The summed E-state index contributed by atoms with van der Waals surface area (Å²) in [6.45, 7) is 2.04. The third kappa shape index (κ3) is 2.28. The Bertz CT molecular complexity index is 485. The fourth-order valence-corrected chi connectivity index (χ4v) is 1.77. The zero-order valence-electron chi connectivity index (χ0n) is 8.89. The molecular formula is C12H12BrN3. The summed E-state index contributed by atoms with van der Waals surface area (Å²) < 4.78 is 1.09. The summed E-state index contributed by atoms with van der Waals surface area (Å²) in [6, 6.07) is 5.91. The van der Waals surface area contributed by atoms with Crippen molar-refractivity contribution in [2.24, 2.45) is 5.73 Å². The fourth-order valence-electron chi connectivity index (χ4n) is 1.53. The van der Waals surface area contributed by atoms with Gasteiger partial charge in [0.1, 0.15) is 6.33 Å². The second-order valence-corrected chi connectivity index (χ2v) is 4.51. The minimum Gasteiger partial charge on any atom is -0.320 e. The minimum absolute atomic E-state index is 0.173. The van der Waals surface area contributed by atoms with E-state index in [-0.39, 0.29) is 6.04 Å². The van der Waals surface area contributed by atoms with Gasteiger partial charge < -0.3 is 5.73 Å². The minimum atomic E-state index is -0.173. The van der Waals surface area contributed by atoms with Crippen LogP contribution < -0.4 is 5.73 Å². The Kier molecular flexibility index (Phi) is 3.31. The molecule has 0 spiro atoms. The summed E-state index contributed by atoms with van der Waals surface area (Å²) in [7, 11) is 0. The van der Waals surface area contributed by atoms with E-state index in [0.717, 1.165) is 15.6 Å². The zero-order chi connectivity index (χ0) is 11.5. The standard InChI is InChI=1S/C12H12BrN3/c1-8-4-9(2-3-11(8)13)12(14)10-5-15-7-16-6-10/h2-7,12H,14H2,1H3. The van der Waals surface area contributed by atoms with Crippen LogP contribution in [-0.2, 0) is 0 Å². The van der Waals surface area contributed by atoms with Gasteiger partial charge in [0, 0.05) is 22.4 Å². The maximum absolute atomic E-state index is 6.14. The summed E-state index contributed by atoms with van der Waals surface area (Å²) in [6.07, 6.45) is 4.99. The van der Waals surface area contributed by atoms with E-state index in [0.29, 0.717) is 0 Å². The molecule has 3 nitrogen and oxygen atoms in total. The highest BCUT2D eigenvalue weighted by molar-refractivity contribution is 9.10. The molecule has 0 saturated carbocycles. The Morgan fingerprint density at radius 1 is 1.19 bits per heavy atom. The van der Waals surface area contributed by atoms with Crippen LogP contribution >= 0.6 is 15.9 Å². The average Bonchev–Trinajstić information content (AvgIpc) is 2.33. The first-order chi connectivity index (χ1) is 7.68. The van der Waals surface area contributed by atoms with Crippen molar-refractivity contribution in [2.45, 2.75) is 13.0 Å². The smallest absolute Gasteiger partial charge is 0.115 e. The number of nitrogens with two attached hydrogens (primary N) is 1. The van der Waals surface area contributed by atoms with Crippen LogP contribution in [0.1, 0.15) is 22.7 Å². The molecule has 82 valence electrons. The van der Waals surface area contributed by atoms with Crippen molar-refractivity contribution in [3.8, 4) is 0 Å². The first-order valence-corrected chi connectivity index (χ1v) is 5.74. The molecule has 4 heteroatoms. The Labute approximate surface area is 103 Å². The van der Waals surface area contributed by atoms with E-state index in [1.807, 2.05) is 19.1 Å².